The van der Waals surface area contributed by atoms with E-state index in [-0.39, 0.29) is 10.5 Å². The second-order valence-electron chi connectivity index (χ2n) is 7.70. The van der Waals surface area contributed by atoms with Crippen LogP contribution in [0.15, 0.2) is 24.3 Å². The van der Waals surface area contributed by atoms with Crippen molar-refractivity contribution >= 4 is 15.4 Å². The summed E-state index contributed by atoms with van der Waals surface area (Å²) in [5, 5.41) is -0.424. The van der Waals surface area contributed by atoms with Gasteiger partial charge in [0.1, 0.15) is 0 Å². The Balaban J connectivity index is 2.17. The minimum Gasteiger partial charge on any atom is -0.228 e. The normalized spacial score (nSPS) is 26.4. The fraction of sp³-hybridized carbons (Fsp3) is 0.600. The lowest BCUT2D eigenvalue weighted by atomic mass is 9.82. The summed E-state index contributed by atoms with van der Waals surface area (Å²) in [6.45, 7) is 8.90. The lowest BCUT2D eigenvalue weighted by Crippen LogP contribution is -2.38. The fourth-order valence-electron chi connectivity index (χ4n) is 4.16. The van der Waals surface area contributed by atoms with Gasteiger partial charge in [-0.05, 0) is 53.4 Å². The van der Waals surface area contributed by atoms with Gasteiger partial charge >= 0.3 is 0 Å². The van der Waals surface area contributed by atoms with Crippen LogP contribution < -0.4 is 0 Å². The Morgan fingerprint density at radius 2 is 1.61 bits per heavy atom. The van der Waals surface area contributed by atoms with Gasteiger partial charge in [-0.3, -0.25) is 0 Å². The molecule has 1 aromatic carbocycles. The van der Waals surface area contributed by atoms with Crippen molar-refractivity contribution in [3.05, 3.63) is 41.0 Å². The summed E-state index contributed by atoms with van der Waals surface area (Å²) in [6, 6.07) is 6.58. The fourth-order valence-corrected chi connectivity index (χ4v) is 6.41. The van der Waals surface area contributed by atoms with Crippen LogP contribution in [0.3, 0.4) is 0 Å². The maximum absolute atomic E-state index is 12.6. The van der Waals surface area contributed by atoms with E-state index in [4.69, 9.17) is 0 Å². The second-order valence-corrected chi connectivity index (χ2v) is 10.1. The summed E-state index contributed by atoms with van der Waals surface area (Å²) in [5.74, 6) is 0.894. The molecule has 0 aromatic heterocycles. The lowest BCUT2D eigenvalue weighted by Gasteiger charge is -2.35. The predicted molar refractivity (Wildman–Crippen MR) is 97.6 cm³/mol. The van der Waals surface area contributed by atoms with E-state index in [0.717, 1.165) is 19.3 Å². The van der Waals surface area contributed by atoms with E-state index in [1.165, 1.54) is 22.3 Å². The number of hydrogen-bond acceptors (Lipinski definition) is 2. The zero-order valence-corrected chi connectivity index (χ0v) is 15.5. The molecule has 2 atom stereocenters. The van der Waals surface area contributed by atoms with E-state index in [1.807, 2.05) is 0 Å². The van der Waals surface area contributed by atoms with Crippen molar-refractivity contribution in [2.45, 2.75) is 75.7 Å². The molecule has 0 N–H and O–H groups in total. The van der Waals surface area contributed by atoms with Crippen molar-refractivity contribution < 1.29 is 8.42 Å². The Kier molecular flexibility index (Phi) is 4.43. The van der Waals surface area contributed by atoms with Gasteiger partial charge in [0, 0.05) is 0 Å². The Labute approximate surface area is 140 Å². The molecule has 1 saturated heterocycles. The average Bonchev–Trinajstić information content (AvgIpc) is 2.45. The molecule has 1 fully saturated rings. The molecule has 3 rings (SSSR count). The van der Waals surface area contributed by atoms with E-state index < -0.39 is 9.84 Å². The molecule has 23 heavy (non-hydrogen) atoms. The minimum absolute atomic E-state index is 0.165. The molecule has 3 heteroatoms. The van der Waals surface area contributed by atoms with E-state index in [9.17, 15) is 8.42 Å². The molecule has 0 aliphatic carbocycles. The standard InChI is InChI=1S/C20H28O2S/c1-13(2)18-9-6-10-19(14(3)4)20(18)15-11-16-7-5-8-17(12-15)23(16,21)22/h6,9-11,13-14,16-17H,5,7-8,12H2,1-4H3. The van der Waals surface area contributed by atoms with Crippen LogP contribution in [0.4, 0.5) is 0 Å². The maximum atomic E-state index is 12.6. The molecule has 126 valence electrons. The molecule has 0 amide bonds. The van der Waals surface area contributed by atoms with Crippen LogP contribution in [0.25, 0.3) is 5.57 Å². The molecule has 0 radical (unpaired) electrons. The van der Waals surface area contributed by atoms with Crippen molar-refractivity contribution in [2.75, 3.05) is 0 Å². The van der Waals surface area contributed by atoms with Gasteiger partial charge in [0.15, 0.2) is 9.84 Å². The first-order chi connectivity index (χ1) is 10.8. The van der Waals surface area contributed by atoms with Gasteiger partial charge in [0.2, 0.25) is 0 Å². The molecule has 2 aliphatic heterocycles. The SMILES string of the molecule is CC(C)c1cccc(C(C)C)c1C1=CC2CCCC(C1)S2(=O)=O. The van der Waals surface area contributed by atoms with Crippen molar-refractivity contribution in [1.82, 2.24) is 0 Å². The molecule has 1 aromatic rings. The molecule has 2 heterocycles. The summed E-state index contributed by atoms with van der Waals surface area (Å²) in [7, 11) is -2.95. The third-order valence-corrected chi connectivity index (χ3v) is 7.98. The quantitative estimate of drug-likeness (QED) is 0.775. The molecule has 2 bridgehead atoms. The van der Waals surface area contributed by atoms with E-state index in [1.54, 1.807) is 0 Å². The summed E-state index contributed by atoms with van der Waals surface area (Å²) in [5.41, 5.74) is 5.34. The van der Waals surface area contributed by atoms with Crippen LogP contribution in [0.5, 0.6) is 0 Å². The summed E-state index contributed by atoms with van der Waals surface area (Å²) >= 11 is 0. The lowest BCUT2D eigenvalue weighted by molar-refractivity contribution is 0.517. The van der Waals surface area contributed by atoms with Crippen LogP contribution >= 0.6 is 0 Å². The third-order valence-electron chi connectivity index (χ3n) is 5.43. The van der Waals surface area contributed by atoms with E-state index >= 15 is 0 Å². The molecule has 2 unspecified atom stereocenters. The summed E-state index contributed by atoms with van der Waals surface area (Å²) < 4.78 is 25.1. The number of sulfone groups is 1. The second kappa shape index (κ2) is 6.08. The Hall–Kier alpha value is -1.09. The third kappa shape index (κ3) is 2.88. The minimum atomic E-state index is -2.95. The number of allylic oxidation sites excluding steroid dienone is 1. The molecule has 0 spiro atoms. The predicted octanol–water partition coefficient (Wildman–Crippen LogP) is 5.06. The van der Waals surface area contributed by atoms with Crippen LogP contribution in [-0.4, -0.2) is 18.9 Å². The van der Waals surface area contributed by atoms with E-state index in [0.29, 0.717) is 18.3 Å². The van der Waals surface area contributed by atoms with Crippen LogP contribution in [0, 0.1) is 0 Å². The number of rotatable bonds is 3. The van der Waals surface area contributed by atoms with Gasteiger partial charge in [-0.1, -0.05) is 58.4 Å². The highest BCUT2D eigenvalue weighted by molar-refractivity contribution is 7.93. The maximum Gasteiger partial charge on any atom is 0.159 e. The van der Waals surface area contributed by atoms with Gasteiger partial charge in [0.05, 0.1) is 10.5 Å². The van der Waals surface area contributed by atoms with Crippen LogP contribution in [0.1, 0.15) is 81.9 Å². The molecule has 2 nitrogen and oxygen atoms in total. The summed E-state index contributed by atoms with van der Waals surface area (Å²) in [6.07, 6.45) is 5.45. The highest BCUT2D eigenvalue weighted by Gasteiger charge is 2.41. The van der Waals surface area contributed by atoms with Gasteiger partial charge in [0.25, 0.3) is 0 Å². The van der Waals surface area contributed by atoms with Gasteiger partial charge in [-0.15, -0.1) is 0 Å². The highest BCUT2D eigenvalue weighted by Crippen LogP contribution is 2.43. The monoisotopic (exact) mass is 332 g/mol. The molecule has 0 saturated carbocycles. The number of benzene rings is 1. The Bertz CT molecular complexity index is 700. The zero-order chi connectivity index (χ0) is 16.8. The largest absolute Gasteiger partial charge is 0.228 e. The zero-order valence-electron chi connectivity index (χ0n) is 14.7. The van der Waals surface area contributed by atoms with Gasteiger partial charge < -0.3 is 0 Å². The number of hydrogen-bond donors (Lipinski definition) is 0. The van der Waals surface area contributed by atoms with E-state index in [2.05, 4.69) is 52.0 Å². The van der Waals surface area contributed by atoms with Gasteiger partial charge in [-0.2, -0.15) is 0 Å². The van der Waals surface area contributed by atoms with Crippen LogP contribution in [-0.2, 0) is 9.84 Å². The topological polar surface area (TPSA) is 34.1 Å². The first kappa shape index (κ1) is 16.8. The molecular formula is C20H28O2S. The molecular weight excluding hydrogens is 304 g/mol. The average molecular weight is 333 g/mol. The van der Waals surface area contributed by atoms with Crippen molar-refractivity contribution in [3.63, 3.8) is 0 Å². The Morgan fingerprint density at radius 1 is 1.00 bits per heavy atom. The van der Waals surface area contributed by atoms with Crippen molar-refractivity contribution in [1.29, 1.82) is 0 Å². The van der Waals surface area contributed by atoms with Crippen molar-refractivity contribution in [2.24, 2.45) is 0 Å². The Morgan fingerprint density at radius 3 is 2.13 bits per heavy atom. The summed E-state index contributed by atoms with van der Waals surface area (Å²) in [4.78, 5) is 0. The van der Waals surface area contributed by atoms with Crippen LogP contribution in [0.2, 0.25) is 0 Å². The van der Waals surface area contributed by atoms with Crippen molar-refractivity contribution in [3.8, 4) is 0 Å². The smallest absolute Gasteiger partial charge is 0.159 e. The first-order valence-corrected chi connectivity index (χ1v) is 10.5. The number of fused-ring (bicyclic) bond motifs is 2. The van der Waals surface area contributed by atoms with Gasteiger partial charge in [-0.25, -0.2) is 8.42 Å². The first-order valence-electron chi connectivity index (χ1n) is 8.89. The highest BCUT2D eigenvalue weighted by atomic mass is 32.2. The molecule has 2 aliphatic rings.